The summed E-state index contributed by atoms with van der Waals surface area (Å²) in [7, 11) is 1.70. The summed E-state index contributed by atoms with van der Waals surface area (Å²) < 4.78 is 23.8. The quantitative estimate of drug-likeness (QED) is 0.190. The number of benzene rings is 3. The molecule has 2 atom stereocenters. The number of unbranched alkanes of at least 4 members (excludes halogenated alkanes) is 1. The van der Waals surface area contributed by atoms with Crippen LogP contribution in [0.4, 0.5) is 5.69 Å². The summed E-state index contributed by atoms with van der Waals surface area (Å²) in [5.41, 5.74) is 5.90. The molecule has 0 unspecified atom stereocenters. The Kier molecular flexibility index (Phi) is 12.1. The number of amides is 1. The van der Waals surface area contributed by atoms with Gasteiger partial charge in [0.1, 0.15) is 11.5 Å². The molecular formula is C37H48N2O5. The second-order valence-corrected chi connectivity index (χ2v) is 11.7. The number of carbonyl (C=O) groups is 1. The van der Waals surface area contributed by atoms with Gasteiger partial charge in [-0.15, -0.1) is 0 Å². The van der Waals surface area contributed by atoms with Gasteiger partial charge in [-0.3, -0.25) is 4.79 Å². The number of aryl methyl sites for hydroxylation is 2. The van der Waals surface area contributed by atoms with Gasteiger partial charge in [-0.1, -0.05) is 49.4 Å². The average molecular weight is 601 g/mol. The van der Waals surface area contributed by atoms with Gasteiger partial charge in [0.05, 0.1) is 25.9 Å². The Morgan fingerprint density at radius 3 is 2.55 bits per heavy atom. The predicted molar refractivity (Wildman–Crippen MR) is 175 cm³/mol. The van der Waals surface area contributed by atoms with E-state index >= 15 is 0 Å². The van der Waals surface area contributed by atoms with Crippen molar-refractivity contribution in [1.29, 1.82) is 0 Å². The molecule has 1 fully saturated rings. The number of methoxy groups -OCH3 is 1. The topological polar surface area (TPSA) is 69.3 Å². The molecule has 7 nitrogen and oxygen atoms in total. The van der Waals surface area contributed by atoms with E-state index in [1.54, 1.807) is 7.11 Å². The van der Waals surface area contributed by atoms with Crippen LogP contribution in [0.1, 0.15) is 67.2 Å². The lowest BCUT2D eigenvalue weighted by Crippen LogP contribution is -2.41. The minimum absolute atomic E-state index is 0.0730. The fourth-order valence-corrected chi connectivity index (χ4v) is 6.20. The summed E-state index contributed by atoms with van der Waals surface area (Å²) in [4.78, 5) is 14.6. The van der Waals surface area contributed by atoms with Crippen molar-refractivity contribution in [2.75, 3.05) is 51.5 Å². The maximum absolute atomic E-state index is 12.7. The standard InChI is InChI=1S/C37H48N2O5/c1-3-29-9-4-5-10-35(29)43-24-7-6-23-42-32-16-13-30(14-17-32)33-19-20-38-26-36(33)44-27-28-11-12-31-15-18-37(40)39(34(31)25-28)21-8-22-41-2/h4-5,9-14,16-17,25,33,36,38H,3,6-8,15,18-24,26-27H2,1-2H3/t33-,36+/m1/s1. The van der Waals surface area contributed by atoms with Crippen LogP contribution in [0.2, 0.25) is 0 Å². The van der Waals surface area contributed by atoms with Crippen LogP contribution in [0.5, 0.6) is 11.5 Å². The van der Waals surface area contributed by atoms with Crippen molar-refractivity contribution in [3.8, 4) is 11.5 Å². The van der Waals surface area contributed by atoms with E-state index < -0.39 is 0 Å². The SMILES string of the molecule is CCc1ccccc1OCCCCOc1ccc([C@H]2CCNC[C@@H]2OCc2ccc3c(c2)N(CCCOC)C(=O)CC3)cc1. The molecule has 2 aliphatic heterocycles. The molecule has 3 aromatic rings. The number of anilines is 1. The van der Waals surface area contributed by atoms with E-state index in [9.17, 15) is 4.79 Å². The molecule has 0 spiro atoms. The monoisotopic (exact) mass is 600 g/mol. The fourth-order valence-electron chi connectivity index (χ4n) is 6.20. The Balaban J connectivity index is 1.10. The van der Waals surface area contributed by atoms with Gasteiger partial charge in [-0.05, 0) is 91.6 Å². The number of piperidine rings is 1. The van der Waals surface area contributed by atoms with Crippen molar-refractivity contribution in [1.82, 2.24) is 5.32 Å². The summed E-state index contributed by atoms with van der Waals surface area (Å²) in [6, 6.07) is 23.3. The second kappa shape index (κ2) is 16.6. The second-order valence-electron chi connectivity index (χ2n) is 11.7. The van der Waals surface area contributed by atoms with E-state index in [2.05, 4.69) is 66.8 Å². The van der Waals surface area contributed by atoms with Crippen LogP contribution in [0.3, 0.4) is 0 Å². The number of carbonyl (C=O) groups excluding carboxylic acids is 1. The highest BCUT2D eigenvalue weighted by Crippen LogP contribution is 2.32. The average Bonchev–Trinajstić information content (AvgIpc) is 3.07. The third-order valence-electron chi connectivity index (χ3n) is 8.70. The number of nitrogens with zero attached hydrogens (tertiary/aromatic N) is 1. The van der Waals surface area contributed by atoms with Crippen molar-refractivity contribution >= 4 is 11.6 Å². The van der Waals surface area contributed by atoms with E-state index in [0.717, 1.165) is 74.4 Å². The molecule has 0 bridgehead atoms. The summed E-state index contributed by atoms with van der Waals surface area (Å²) >= 11 is 0. The maximum Gasteiger partial charge on any atom is 0.227 e. The van der Waals surface area contributed by atoms with E-state index in [1.165, 1.54) is 16.7 Å². The molecule has 3 aromatic carbocycles. The molecule has 236 valence electrons. The fraction of sp³-hybridized carbons (Fsp3) is 0.486. The molecule has 0 saturated carbocycles. The van der Waals surface area contributed by atoms with Crippen molar-refractivity contribution < 1.29 is 23.7 Å². The van der Waals surface area contributed by atoms with Gasteiger partial charge in [-0.2, -0.15) is 0 Å². The van der Waals surface area contributed by atoms with Crippen LogP contribution in [-0.4, -0.2) is 58.6 Å². The highest BCUT2D eigenvalue weighted by Gasteiger charge is 2.28. The lowest BCUT2D eigenvalue weighted by Gasteiger charge is -2.33. The van der Waals surface area contributed by atoms with E-state index in [1.807, 2.05) is 17.0 Å². The number of nitrogens with one attached hydrogen (secondary N) is 1. The van der Waals surface area contributed by atoms with E-state index in [-0.39, 0.29) is 12.0 Å². The number of para-hydroxylation sites is 1. The van der Waals surface area contributed by atoms with Crippen molar-refractivity contribution in [3.05, 3.63) is 89.0 Å². The Morgan fingerprint density at radius 2 is 1.73 bits per heavy atom. The first-order valence-corrected chi connectivity index (χ1v) is 16.3. The van der Waals surface area contributed by atoms with Crippen LogP contribution in [0.25, 0.3) is 0 Å². The van der Waals surface area contributed by atoms with Crippen LogP contribution in [0, 0.1) is 0 Å². The van der Waals surface area contributed by atoms with E-state index in [4.69, 9.17) is 18.9 Å². The van der Waals surface area contributed by atoms with Crippen LogP contribution in [0.15, 0.2) is 66.7 Å². The highest BCUT2D eigenvalue weighted by atomic mass is 16.5. The minimum Gasteiger partial charge on any atom is -0.494 e. The molecule has 7 heteroatoms. The highest BCUT2D eigenvalue weighted by molar-refractivity contribution is 5.96. The molecule has 0 aromatic heterocycles. The number of hydrogen-bond donors (Lipinski definition) is 1. The van der Waals surface area contributed by atoms with Crippen LogP contribution >= 0.6 is 0 Å². The first-order chi connectivity index (χ1) is 21.7. The first kappa shape index (κ1) is 32.0. The Labute approximate surface area is 262 Å². The maximum atomic E-state index is 12.7. The molecule has 44 heavy (non-hydrogen) atoms. The van der Waals surface area contributed by atoms with Gasteiger partial charge in [0.25, 0.3) is 0 Å². The number of rotatable bonds is 16. The molecular weight excluding hydrogens is 552 g/mol. The lowest BCUT2D eigenvalue weighted by molar-refractivity contribution is -0.118. The largest absolute Gasteiger partial charge is 0.494 e. The molecule has 5 rings (SSSR count). The lowest BCUT2D eigenvalue weighted by atomic mass is 9.87. The first-order valence-electron chi connectivity index (χ1n) is 16.3. The molecule has 1 amide bonds. The zero-order valence-corrected chi connectivity index (χ0v) is 26.4. The number of ether oxygens (including phenoxy) is 4. The van der Waals surface area contributed by atoms with Gasteiger partial charge in [0, 0.05) is 44.8 Å². The predicted octanol–water partition coefficient (Wildman–Crippen LogP) is 6.47. The van der Waals surface area contributed by atoms with Gasteiger partial charge in [0.15, 0.2) is 0 Å². The third kappa shape index (κ3) is 8.62. The Bertz CT molecular complexity index is 1330. The van der Waals surface area contributed by atoms with Crippen LogP contribution < -0.4 is 19.7 Å². The molecule has 2 aliphatic rings. The Morgan fingerprint density at radius 1 is 0.909 bits per heavy atom. The summed E-state index contributed by atoms with van der Waals surface area (Å²) in [5, 5.41) is 3.51. The summed E-state index contributed by atoms with van der Waals surface area (Å²) in [6.07, 6.45) is 6.17. The normalized spacial score (nSPS) is 18.2. The molecule has 0 radical (unpaired) electrons. The number of fused-ring (bicyclic) bond motifs is 1. The zero-order valence-electron chi connectivity index (χ0n) is 26.4. The minimum atomic E-state index is 0.0730. The summed E-state index contributed by atoms with van der Waals surface area (Å²) in [5.74, 6) is 2.40. The molecule has 2 heterocycles. The smallest absolute Gasteiger partial charge is 0.227 e. The number of hydrogen-bond acceptors (Lipinski definition) is 6. The molecule has 1 N–H and O–H groups in total. The Hall–Kier alpha value is -3.39. The van der Waals surface area contributed by atoms with Gasteiger partial charge < -0.3 is 29.2 Å². The molecule has 1 saturated heterocycles. The molecule has 0 aliphatic carbocycles. The van der Waals surface area contributed by atoms with Crippen molar-refractivity contribution in [2.24, 2.45) is 0 Å². The van der Waals surface area contributed by atoms with E-state index in [0.29, 0.717) is 45.3 Å². The van der Waals surface area contributed by atoms with Crippen LogP contribution in [-0.2, 0) is 33.7 Å². The van der Waals surface area contributed by atoms with Crippen molar-refractivity contribution in [3.63, 3.8) is 0 Å². The summed E-state index contributed by atoms with van der Waals surface area (Å²) in [6.45, 7) is 7.17. The third-order valence-corrected chi connectivity index (χ3v) is 8.70. The van der Waals surface area contributed by atoms with Gasteiger partial charge in [0.2, 0.25) is 5.91 Å². The zero-order chi connectivity index (χ0) is 30.6. The van der Waals surface area contributed by atoms with Gasteiger partial charge in [-0.25, -0.2) is 0 Å². The van der Waals surface area contributed by atoms with Gasteiger partial charge >= 0.3 is 0 Å². The van der Waals surface area contributed by atoms with Crippen molar-refractivity contribution in [2.45, 2.75) is 70.5 Å².